The summed E-state index contributed by atoms with van der Waals surface area (Å²) in [5, 5.41) is 0. The van der Waals surface area contributed by atoms with E-state index in [0.717, 1.165) is 0 Å². The highest BCUT2D eigenvalue weighted by Crippen LogP contribution is 2.48. The van der Waals surface area contributed by atoms with Crippen molar-refractivity contribution in [3.8, 4) is 0 Å². The van der Waals surface area contributed by atoms with Gasteiger partial charge in [0.1, 0.15) is 0 Å². The zero-order chi connectivity index (χ0) is 13.2. The average Bonchev–Trinajstić information content (AvgIpc) is 2.13. The Morgan fingerprint density at radius 2 is 1.56 bits per heavy atom. The van der Waals surface area contributed by atoms with Gasteiger partial charge in [-0.2, -0.15) is 28.6 Å². The Kier molecular flexibility index (Phi) is 5.15. The molecule has 0 amide bonds. The maximum atomic E-state index is 12.9. The lowest BCUT2D eigenvalue weighted by Gasteiger charge is -2.33. The second-order valence-electron chi connectivity index (χ2n) is 3.18. The number of hydrogen-bond donors (Lipinski definition) is 0. The Morgan fingerprint density at radius 3 is 1.88 bits per heavy atom. The maximum absolute atomic E-state index is 12.9. The lowest BCUT2D eigenvalue weighted by atomic mass is 10.3. The van der Waals surface area contributed by atoms with E-state index in [4.69, 9.17) is 11.1 Å². The highest BCUT2D eigenvalue weighted by atomic mass is 35.6. The molecule has 16 heavy (non-hydrogen) atoms. The van der Waals surface area contributed by atoms with Gasteiger partial charge in [-0.1, -0.05) is 13.5 Å². The van der Waals surface area contributed by atoms with Gasteiger partial charge in [-0.3, -0.25) is 0 Å². The van der Waals surface area contributed by atoms with Crippen LogP contribution in [0.2, 0.25) is 6.55 Å². The second kappa shape index (κ2) is 5.13. The fraction of sp³-hybridized carbons (Fsp3) is 1.00. The quantitative estimate of drug-likeness (QED) is 0.413. The van der Waals surface area contributed by atoms with Crippen LogP contribution in [0.15, 0.2) is 0 Å². The zero-order valence-electron chi connectivity index (χ0n) is 8.55. The number of halogens is 7. The topological polar surface area (TPSA) is 9.23 Å². The van der Waals surface area contributed by atoms with Crippen molar-refractivity contribution < 1.29 is 31.1 Å². The van der Waals surface area contributed by atoms with Gasteiger partial charge in [-0.25, -0.2) is 8.78 Å². The molecule has 0 rings (SSSR count). The summed E-state index contributed by atoms with van der Waals surface area (Å²) in [5.74, 6) is -5.59. The summed E-state index contributed by atoms with van der Waals surface area (Å²) in [4.78, 5) is 0. The number of hydrogen-bond acceptors (Lipinski definition) is 1. The van der Waals surface area contributed by atoms with Crippen LogP contribution >= 0.6 is 11.1 Å². The Bertz CT molecular complexity index is 235. The predicted molar refractivity (Wildman–Crippen MR) is 50.0 cm³/mol. The summed E-state index contributed by atoms with van der Waals surface area (Å²) >= 11 is 4.91. The molecule has 0 aliphatic rings. The van der Waals surface area contributed by atoms with Crippen molar-refractivity contribution >= 4 is 19.2 Å². The Morgan fingerprint density at radius 1 is 1.12 bits per heavy atom. The summed E-state index contributed by atoms with van der Waals surface area (Å²) in [6, 6.07) is 0. The van der Waals surface area contributed by atoms with Crippen LogP contribution < -0.4 is 0 Å². The molecule has 0 fully saturated rings. The Labute approximate surface area is 95.0 Å². The molecular weight excluding hydrogens is 278 g/mol. The van der Waals surface area contributed by atoms with Crippen molar-refractivity contribution in [2.45, 2.75) is 37.5 Å². The summed E-state index contributed by atoms with van der Waals surface area (Å²) in [5.41, 5.74) is -4.92. The summed E-state index contributed by atoms with van der Waals surface area (Å²) in [6.07, 6.45) is -5.21. The molecule has 9 heteroatoms. The fourth-order valence-corrected chi connectivity index (χ4v) is 1.84. The van der Waals surface area contributed by atoms with Crippen molar-refractivity contribution in [3.05, 3.63) is 0 Å². The molecule has 98 valence electrons. The van der Waals surface area contributed by atoms with Crippen LogP contribution in [0.4, 0.5) is 26.3 Å². The van der Waals surface area contributed by atoms with E-state index in [1.165, 1.54) is 6.92 Å². The minimum Gasteiger partial charge on any atom is -0.316 e. The lowest BCUT2D eigenvalue weighted by Crippen LogP contribution is -2.60. The Hall–Kier alpha value is 0.0469. The standard InChI is InChI=1S/C7H11ClF6OSi/c1-3-4-15-6(11,12)5(9,10)7(13,14)16(2)8/h16H,3-4H2,1-2H3. The number of alkyl halides is 6. The maximum Gasteiger partial charge on any atom is 0.425 e. The van der Waals surface area contributed by atoms with Crippen LogP contribution in [0, 0.1) is 0 Å². The minimum absolute atomic E-state index is 0.00506. The molecule has 0 aliphatic heterocycles. The molecule has 1 unspecified atom stereocenters. The highest BCUT2D eigenvalue weighted by molar-refractivity contribution is 7.07. The van der Waals surface area contributed by atoms with E-state index >= 15 is 0 Å². The van der Waals surface area contributed by atoms with Gasteiger partial charge in [0.25, 0.3) is 0 Å². The van der Waals surface area contributed by atoms with Crippen molar-refractivity contribution in [3.63, 3.8) is 0 Å². The smallest absolute Gasteiger partial charge is 0.316 e. The van der Waals surface area contributed by atoms with Crippen LogP contribution in [0.25, 0.3) is 0 Å². The van der Waals surface area contributed by atoms with E-state index in [0.29, 0.717) is 6.55 Å². The van der Waals surface area contributed by atoms with Crippen LogP contribution in [0.5, 0.6) is 0 Å². The fourth-order valence-electron chi connectivity index (χ4n) is 0.765. The highest BCUT2D eigenvalue weighted by Gasteiger charge is 2.74. The van der Waals surface area contributed by atoms with Crippen molar-refractivity contribution in [2.24, 2.45) is 0 Å². The summed E-state index contributed by atoms with van der Waals surface area (Å²) in [7, 11) is -3.81. The largest absolute Gasteiger partial charge is 0.425 e. The average molecular weight is 289 g/mol. The first kappa shape index (κ1) is 16.0. The minimum atomic E-state index is -5.59. The van der Waals surface area contributed by atoms with Crippen LogP contribution in [-0.4, -0.2) is 32.3 Å². The van der Waals surface area contributed by atoms with Gasteiger partial charge in [0.2, 0.25) is 8.11 Å². The first-order valence-electron chi connectivity index (χ1n) is 4.42. The van der Waals surface area contributed by atoms with Gasteiger partial charge in [-0.05, 0) is 6.42 Å². The molecule has 0 aromatic rings. The van der Waals surface area contributed by atoms with Crippen LogP contribution in [-0.2, 0) is 4.74 Å². The third kappa shape index (κ3) is 2.83. The van der Waals surface area contributed by atoms with E-state index < -0.39 is 32.3 Å². The number of ether oxygens (including phenoxy) is 1. The zero-order valence-corrected chi connectivity index (χ0v) is 10.5. The first-order chi connectivity index (χ1) is 7.00. The molecule has 0 aromatic carbocycles. The first-order valence-corrected chi connectivity index (χ1v) is 7.90. The van der Waals surface area contributed by atoms with E-state index in [1.807, 2.05) is 0 Å². The lowest BCUT2D eigenvalue weighted by molar-refractivity contribution is -0.383. The van der Waals surface area contributed by atoms with E-state index in [1.54, 1.807) is 0 Å². The van der Waals surface area contributed by atoms with Gasteiger partial charge >= 0.3 is 17.6 Å². The third-order valence-corrected chi connectivity index (χ3v) is 3.96. The summed E-state index contributed by atoms with van der Waals surface area (Å²) in [6.45, 7) is 1.29. The number of rotatable bonds is 6. The van der Waals surface area contributed by atoms with Gasteiger partial charge in [0.05, 0.1) is 6.61 Å². The van der Waals surface area contributed by atoms with Crippen molar-refractivity contribution in [1.82, 2.24) is 0 Å². The molecule has 1 atom stereocenters. The molecule has 1 nitrogen and oxygen atoms in total. The van der Waals surface area contributed by atoms with E-state index in [9.17, 15) is 26.3 Å². The van der Waals surface area contributed by atoms with Gasteiger partial charge in [-0.15, -0.1) is 0 Å². The molecule has 0 bridgehead atoms. The van der Waals surface area contributed by atoms with Gasteiger partial charge in [0.15, 0.2) is 0 Å². The van der Waals surface area contributed by atoms with E-state index in [-0.39, 0.29) is 6.42 Å². The monoisotopic (exact) mass is 288 g/mol. The molecular formula is C7H11ClF6OSi. The van der Waals surface area contributed by atoms with E-state index in [2.05, 4.69) is 4.74 Å². The van der Waals surface area contributed by atoms with Crippen molar-refractivity contribution in [1.29, 1.82) is 0 Å². The molecule has 0 heterocycles. The normalized spacial score (nSPS) is 16.3. The SMILES string of the molecule is CCCOC(F)(F)C(F)(F)C(F)(F)[SiH](C)Cl. The second-order valence-corrected chi connectivity index (χ2v) is 7.10. The summed E-state index contributed by atoms with van der Waals surface area (Å²) < 4.78 is 80.5. The molecule has 0 spiro atoms. The van der Waals surface area contributed by atoms with Gasteiger partial charge < -0.3 is 4.74 Å². The third-order valence-electron chi connectivity index (χ3n) is 1.77. The van der Waals surface area contributed by atoms with Crippen LogP contribution in [0.3, 0.4) is 0 Å². The molecule has 0 radical (unpaired) electrons. The molecule has 0 saturated carbocycles. The van der Waals surface area contributed by atoms with Crippen molar-refractivity contribution in [2.75, 3.05) is 6.61 Å². The molecule has 0 aromatic heterocycles. The predicted octanol–water partition coefficient (Wildman–Crippen LogP) is 3.41. The Balaban J connectivity index is 5.01. The van der Waals surface area contributed by atoms with Gasteiger partial charge in [0, 0.05) is 0 Å². The van der Waals surface area contributed by atoms with Crippen LogP contribution in [0.1, 0.15) is 13.3 Å². The molecule has 0 N–H and O–H groups in total. The molecule has 0 aliphatic carbocycles. The molecule has 0 saturated heterocycles.